The molecule has 0 aromatic carbocycles. The third-order valence-electron chi connectivity index (χ3n) is 1.66. The van der Waals surface area contributed by atoms with E-state index in [4.69, 9.17) is 0 Å². The summed E-state index contributed by atoms with van der Waals surface area (Å²) in [6.07, 6.45) is 1.27. The fraction of sp³-hybridized carbons (Fsp3) is 0.333. The van der Waals surface area contributed by atoms with Gasteiger partial charge in [-0.05, 0) is 12.1 Å². The molecule has 0 bridgehead atoms. The number of hydrogen-bond acceptors (Lipinski definition) is 3. The lowest BCUT2D eigenvalue weighted by Gasteiger charge is -2.12. The number of rotatable bonds is 2. The quantitative estimate of drug-likeness (QED) is 0.687. The van der Waals surface area contributed by atoms with Gasteiger partial charge in [-0.25, -0.2) is 18.6 Å². The Morgan fingerprint density at radius 2 is 2.21 bits per heavy atom. The van der Waals surface area contributed by atoms with Crippen LogP contribution in [0.5, 0.6) is 0 Å². The molecule has 1 rings (SSSR count). The van der Waals surface area contributed by atoms with Gasteiger partial charge in [-0.3, -0.25) is 0 Å². The van der Waals surface area contributed by atoms with Crippen LogP contribution in [0.1, 0.15) is 23.0 Å². The van der Waals surface area contributed by atoms with Gasteiger partial charge in [0.15, 0.2) is 5.69 Å². The van der Waals surface area contributed by atoms with Crippen molar-refractivity contribution in [3.8, 4) is 0 Å². The predicted molar refractivity (Wildman–Crippen MR) is 45.1 cm³/mol. The third kappa shape index (κ3) is 2.04. The minimum absolute atomic E-state index is 0.345. The fourth-order valence-corrected chi connectivity index (χ4v) is 1.02. The van der Waals surface area contributed by atoms with Crippen molar-refractivity contribution in [2.24, 2.45) is 0 Å². The predicted octanol–water partition coefficient (Wildman–Crippen LogP) is 1.98. The Morgan fingerprint density at radius 1 is 1.57 bits per heavy atom. The minimum atomic E-state index is -3.10. The highest BCUT2D eigenvalue weighted by Crippen LogP contribution is 2.28. The van der Waals surface area contributed by atoms with E-state index < -0.39 is 17.5 Å². The molecular formula is C9H9F2NO2. The Hall–Kier alpha value is -1.52. The van der Waals surface area contributed by atoms with Gasteiger partial charge in [0.05, 0.1) is 12.7 Å². The number of halogens is 2. The number of hydrogen-bond donors (Lipinski definition) is 0. The molecule has 0 saturated heterocycles. The number of methoxy groups -OCH3 is 1. The molecule has 14 heavy (non-hydrogen) atoms. The maximum absolute atomic E-state index is 13.0. The summed E-state index contributed by atoms with van der Waals surface area (Å²) in [5.74, 6) is -3.96. The van der Waals surface area contributed by atoms with Crippen molar-refractivity contribution in [1.82, 2.24) is 4.98 Å². The molecule has 3 nitrogen and oxygen atoms in total. The molecule has 0 aliphatic carbocycles. The lowest BCUT2D eigenvalue weighted by molar-refractivity contribution is 0.0143. The van der Waals surface area contributed by atoms with Gasteiger partial charge in [0.1, 0.15) is 0 Å². The molecule has 0 N–H and O–H groups in total. The molecule has 0 saturated carbocycles. The molecule has 0 unspecified atom stereocenters. The topological polar surface area (TPSA) is 39.2 Å². The molecule has 0 aliphatic heterocycles. The molecule has 0 atom stereocenters. The summed E-state index contributed by atoms with van der Waals surface area (Å²) >= 11 is 0. The Balaban J connectivity index is 3.23. The van der Waals surface area contributed by atoms with Gasteiger partial charge in [-0.15, -0.1) is 0 Å². The first-order valence-electron chi connectivity index (χ1n) is 3.88. The van der Waals surface area contributed by atoms with Crippen LogP contribution >= 0.6 is 0 Å². The highest BCUT2D eigenvalue weighted by Gasteiger charge is 2.30. The average Bonchev–Trinajstić information content (AvgIpc) is 2.15. The normalized spacial score (nSPS) is 11.1. The van der Waals surface area contributed by atoms with Crippen LogP contribution in [0.3, 0.4) is 0 Å². The van der Waals surface area contributed by atoms with Crippen LogP contribution in [0.4, 0.5) is 8.78 Å². The van der Waals surface area contributed by atoms with Gasteiger partial charge in [0.2, 0.25) is 0 Å². The van der Waals surface area contributed by atoms with E-state index in [2.05, 4.69) is 9.72 Å². The van der Waals surface area contributed by atoms with Crippen LogP contribution in [-0.4, -0.2) is 18.1 Å². The van der Waals surface area contributed by atoms with Crippen molar-refractivity contribution >= 4 is 5.97 Å². The van der Waals surface area contributed by atoms with Crippen LogP contribution < -0.4 is 0 Å². The summed E-state index contributed by atoms with van der Waals surface area (Å²) in [5, 5.41) is 0. The first-order valence-corrected chi connectivity index (χ1v) is 3.88. The van der Waals surface area contributed by atoms with Crippen molar-refractivity contribution in [2.75, 3.05) is 7.11 Å². The zero-order chi connectivity index (χ0) is 10.8. The monoisotopic (exact) mass is 201 g/mol. The number of nitrogens with zero attached hydrogens (tertiary/aromatic N) is 1. The van der Waals surface area contributed by atoms with E-state index in [1.54, 1.807) is 0 Å². The Morgan fingerprint density at radius 3 is 2.71 bits per heavy atom. The van der Waals surface area contributed by atoms with E-state index in [0.29, 0.717) is 6.92 Å². The van der Waals surface area contributed by atoms with Gasteiger partial charge in [-0.1, -0.05) is 0 Å². The van der Waals surface area contributed by atoms with Crippen molar-refractivity contribution < 1.29 is 18.3 Å². The Kier molecular flexibility index (Phi) is 2.78. The van der Waals surface area contributed by atoms with Crippen LogP contribution in [0, 0.1) is 0 Å². The molecule has 1 heterocycles. The lowest BCUT2D eigenvalue weighted by Crippen LogP contribution is -2.16. The molecule has 1 aromatic rings. The fourth-order valence-electron chi connectivity index (χ4n) is 1.02. The lowest BCUT2D eigenvalue weighted by atomic mass is 10.1. The standard InChI is InChI=1S/C9H9F2NO2/c1-9(10,11)6-4-3-5-12-7(6)8(13)14-2/h3-5H,1-2H3. The van der Waals surface area contributed by atoms with Crippen LogP contribution in [0.15, 0.2) is 18.3 Å². The largest absolute Gasteiger partial charge is 0.464 e. The second-order valence-corrected chi connectivity index (χ2v) is 2.78. The van der Waals surface area contributed by atoms with Crippen LogP contribution in [-0.2, 0) is 10.7 Å². The number of alkyl halides is 2. The van der Waals surface area contributed by atoms with Crippen LogP contribution in [0.25, 0.3) is 0 Å². The SMILES string of the molecule is COC(=O)c1ncccc1C(C)(F)F. The minimum Gasteiger partial charge on any atom is -0.464 e. The molecule has 1 aromatic heterocycles. The second-order valence-electron chi connectivity index (χ2n) is 2.78. The number of carbonyl (C=O) groups is 1. The van der Waals surface area contributed by atoms with E-state index in [-0.39, 0.29) is 5.69 Å². The van der Waals surface area contributed by atoms with Crippen molar-refractivity contribution in [3.05, 3.63) is 29.6 Å². The third-order valence-corrected chi connectivity index (χ3v) is 1.66. The van der Waals surface area contributed by atoms with Crippen LogP contribution in [0.2, 0.25) is 0 Å². The molecule has 76 valence electrons. The Bertz CT molecular complexity index is 347. The Labute approximate surface area is 79.7 Å². The number of esters is 1. The van der Waals surface area contributed by atoms with Gasteiger partial charge in [0, 0.05) is 13.1 Å². The second kappa shape index (κ2) is 3.69. The molecule has 0 fully saturated rings. The van der Waals surface area contributed by atoms with E-state index in [9.17, 15) is 13.6 Å². The van der Waals surface area contributed by atoms with E-state index in [1.165, 1.54) is 12.3 Å². The van der Waals surface area contributed by atoms with E-state index in [1.807, 2.05) is 0 Å². The number of ether oxygens (including phenoxy) is 1. The summed E-state index contributed by atoms with van der Waals surface area (Å²) in [7, 11) is 1.12. The van der Waals surface area contributed by atoms with Crippen molar-refractivity contribution in [1.29, 1.82) is 0 Å². The van der Waals surface area contributed by atoms with Gasteiger partial charge >= 0.3 is 5.97 Å². The smallest absolute Gasteiger partial charge is 0.357 e. The number of carbonyl (C=O) groups excluding carboxylic acids is 1. The molecule has 0 amide bonds. The van der Waals surface area contributed by atoms with E-state index >= 15 is 0 Å². The molecular weight excluding hydrogens is 192 g/mol. The first-order chi connectivity index (χ1) is 6.46. The van der Waals surface area contributed by atoms with Gasteiger partial charge in [0.25, 0.3) is 5.92 Å². The molecule has 0 spiro atoms. The molecule has 0 aliphatic rings. The van der Waals surface area contributed by atoms with E-state index in [0.717, 1.165) is 13.2 Å². The zero-order valence-corrected chi connectivity index (χ0v) is 7.75. The summed E-state index contributed by atoms with van der Waals surface area (Å²) in [6.45, 7) is 0.705. The summed E-state index contributed by atoms with van der Waals surface area (Å²) < 4.78 is 30.3. The highest BCUT2D eigenvalue weighted by atomic mass is 19.3. The first kappa shape index (κ1) is 10.6. The van der Waals surface area contributed by atoms with Gasteiger partial charge < -0.3 is 4.74 Å². The maximum atomic E-state index is 13.0. The maximum Gasteiger partial charge on any atom is 0.357 e. The van der Waals surface area contributed by atoms with Gasteiger partial charge in [-0.2, -0.15) is 0 Å². The van der Waals surface area contributed by atoms with Crippen molar-refractivity contribution in [3.63, 3.8) is 0 Å². The molecule has 0 radical (unpaired) electrons. The number of pyridine rings is 1. The zero-order valence-electron chi connectivity index (χ0n) is 7.75. The average molecular weight is 201 g/mol. The summed E-state index contributed by atoms with van der Waals surface area (Å²) in [5.41, 5.74) is -0.769. The number of aromatic nitrogens is 1. The van der Waals surface area contributed by atoms with Crippen molar-refractivity contribution in [2.45, 2.75) is 12.8 Å². The summed E-state index contributed by atoms with van der Waals surface area (Å²) in [4.78, 5) is 14.6. The molecule has 5 heteroatoms. The highest BCUT2D eigenvalue weighted by molar-refractivity contribution is 5.89. The summed E-state index contributed by atoms with van der Waals surface area (Å²) in [6, 6.07) is 2.50.